The topological polar surface area (TPSA) is 110 Å². The second-order valence-electron chi connectivity index (χ2n) is 5.98. The highest BCUT2D eigenvalue weighted by Gasteiger charge is 2.31. The first-order chi connectivity index (χ1) is 9.98. The van der Waals surface area contributed by atoms with Crippen LogP contribution in [-0.2, 0) is 26.7 Å². The van der Waals surface area contributed by atoms with Crippen molar-refractivity contribution in [3.8, 4) is 0 Å². The summed E-state index contributed by atoms with van der Waals surface area (Å²) in [5, 5.41) is 11.9. The fourth-order valence-electron chi connectivity index (χ4n) is 2.13. The Morgan fingerprint density at radius 2 is 1.95 bits per heavy atom. The number of anilines is 1. The van der Waals surface area contributed by atoms with E-state index in [9.17, 15) is 23.1 Å². The molecule has 1 aromatic rings. The number of carboxylic acid groups (broad SMARTS) is 1. The minimum absolute atomic E-state index is 0.0410. The molecule has 0 aromatic carbocycles. The van der Waals surface area contributed by atoms with E-state index in [4.69, 9.17) is 4.74 Å². The number of carbonyl (C=O) groups excluding carboxylic acids is 1. The van der Waals surface area contributed by atoms with Gasteiger partial charge < -0.3 is 9.84 Å². The molecule has 0 saturated carbocycles. The van der Waals surface area contributed by atoms with Crippen molar-refractivity contribution in [2.24, 2.45) is 0 Å². The molecule has 9 heteroatoms. The maximum absolute atomic E-state index is 11.8. The summed E-state index contributed by atoms with van der Waals surface area (Å²) in [6.45, 7) is 5.07. The lowest BCUT2D eigenvalue weighted by atomic mass is 10.1. The predicted octanol–water partition coefficient (Wildman–Crippen LogP) is 2.26. The predicted molar refractivity (Wildman–Crippen MR) is 82.3 cm³/mol. The van der Waals surface area contributed by atoms with Crippen LogP contribution in [0.2, 0.25) is 0 Å². The third-order valence-electron chi connectivity index (χ3n) is 2.93. The van der Waals surface area contributed by atoms with Gasteiger partial charge in [-0.05, 0) is 32.8 Å². The van der Waals surface area contributed by atoms with Crippen molar-refractivity contribution in [1.29, 1.82) is 0 Å². The summed E-state index contributed by atoms with van der Waals surface area (Å²) in [5.74, 6) is -1.46. The summed E-state index contributed by atoms with van der Waals surface area (Å²) in [5.41, 5.74) is -0.271. The molecule has 2 heterocycles. The van der Waals surface area contributed by atoms with E-state index in [1.54, 1.807) is 20.8 Å². The molecule has 0 unspecified atom stereocenters. The third-order valence-corrected chi connectivity index (χ3v) is 5.82. The summed E-state index contributed by atoms with van der Waals surface area (Å²) in [7, 11) is -3.21. The first-order valence-electron chi connectivity index (χ1n) is 6.57. The summed E-state index contributed by atoms with van der Waals surface area (Å²) in [6.07, 6.45) is -0.623. The Labute approximate surface area is 132 Å². The largest absolute Gasteiger partial charge is 0.478 e. The van der Waals surface area contributed by atoms with Crippen LogP contribution < -0.4 is 5.32 Å². The van der Waals surface area contributed by atoms with E-state index >= 15 is 0 Å². The molecule has 7 nitrogen and oxygen atoms in total. The monoisotopic (exact) mass is 347 g/mol. The molecule has 0 fully saturated rings. The van der Waals surface area contributed by atoms with Crippen LogP contribution in [0.15, 0.2) is 0 Å². The molecule has 1 aromatic heterocycles. The number of nitrogens with one attached hydrogen (secondary N) is 1. The number of fused-ring (bicyclic) bond motifs is 1. The maximum atomic E-state index is 11.8. The van der Waals surface area contributed by atoms with Crippen molar-refractivity contribution >= 4 is 38.2 Å². The highest BCUT2D eigenvalue weighted by Crippen LogP contribution is 2.38. The molecule has 0 atom stereocenters. The van der Waals surface area contributed by atoms with Crippen LogP contribution >= 0.6 is 11.3 Å². The molecule has 2 rings (SSSR count). The van der Waals surface area contributed by atoms with Crippen molar-refractivity contribution in [2.45, 2.75) is 38.5 Å². The van der Waals surface area contributed by atoms with Gasteiger partial charge in [-0.25, -0.2) is 18.0 Å². The number of hydrogen-bond donors (Lipinski definition) is 2. The molecular formula is C13H17NO6S2. The molecule has 0 bridgehead atoms. The number of carbonyl (C=O) groups is 2. The Kier molecular flexibility index (Phi) is 4.22. The second kappa shape index (κ2) is 5.54. The lowest BCUT2D eigenvalue weighted by Crippen LogP contribution is -2.27. The van der Waals surface area contributed by atoms with E-state index in [0.717, 1.165) is 11.3 Å². The summed E-state index contributed by atoms with van der Waals surface area (Å²) in [6, 6.07) is 0. The number of amides is 1. The summed E-state index contributed by atoms with van der Waals surface area (Å²) < 4.78 is 28.4. The first kappa shape index (κ1) is 16.8. The van der Waals surface area contributed by atoms with Crippen molar-refractivity contribution in [3.05, 3.63) is 16.0 Å². The summed E-state index contributed by atoms with van der Waals surface area (Å²) >= 11 is 0.975. The normalized spacial score (nSPS) is 16.7. The van der Waals surface area contributed by atoms with Crippen LogP contribution in [0.1, 0.15) is 41.6 Å². The maximum Gasteiger partial charge on any atom is 0.412 e. The Morgan fingerprint density at radius 3 is 2.50 bits per heavy atom. The quantitative estimate of drug-likeness (QED) is 0.849. The van der Waals surface area contributed by atoms with E-state index < -0.39 is 27.5 Å². The van der Waals surface area contributed by atoms with Crippen LogP contribution in [0.3, 0.4) is 0 Å². The lowest BCUT2D eigenvalue weighted by Gasteiger charge is -2.19. The molecule has 122 valence electrons. The highest BCUT2D eigenvalue weighted by atomic mass is 32.2. The van der Waals surface area contributed by atoms with Gasteiger partial charge in [0, 0.05) is 4.88 Å². The lowest BCUT2D eigenvalue weighted by molar-refractivity contribution is 0.0636. The van der Waals surface area contributed by atoms with E-state index in [0.29, 0.717) is 10.4 Å². The van der Waals surface area contributed by atoms with Crippen molar-refractivity contribution < 1.29 is 27.9 Å². The zero-order valence-corrected chi connectivity index (χ0v) is 14.1. The fourth-order valence-corrected chi connectivity index (χ4v) is 5.16. The van der Waals surface area contributed by atoms with Crippen LogP contribution in [0.4, 0.5) is 9.80 Å². The van der Waals surface area contributed by atoms with E-state index in [-0.39, 0.29) is 28.5 Å². The fraction of sp³-hybridized carbons (Fsp3) is 0.538. The van der Waals surface area contributed by atoms with Crippen LogP contribution in [0.25, 0.3) is 0 Å². The van der Waals surface area contributed by atoms with Crippen LogP contribution in [-0.4, -0.2) is 36.9 Å². The average molecular weight is 347 g/mol. The number of thiophene rings is 1. The molecule has 22 heavy (non-hydrogen) atoms. The van der Waals surface area contributed by atoms with E-state index in [2.05, 4.69) is 5.32 Å². The van der Waals surface area contributed by atoms with Gasteiger partial charge in [0.2, 0.25) is 0 Å². The van der Waals surface area contributed by atoms with Crippen LogP contribution in [0.5, 0.6) is 0 Å². The van der Waals surface area contributed by atoms with Crippen molar-refractivity contribution in [3.63, 3.8) is 0 Å². The van der Waals surface area contributed by atoms with Gasteiger partial charge in [0.1, 0.15) is 10.6 Å². The average Bonchev–Trinajstić information content (AvgIpc) is 2.61. The smallest absolute Gasteiger partial charge is 0.412 e. The molecular weight excluding hydrogens is 330 g/mol. The molecule has 0 spiro atoms. The number of aromatic carboxylic acids is 1. The van der Waals surface area contributed by atoms with Gasteiger partial charge in [-0.1, -0.05) is 0 Å². The number of sulfone groups is 1. The molecule has 0 saturated heterocycles. The Bertz CT molecular complexity index is 726. The zero-order chi connectivity index (χ0) is 16.7. The molecule has 2 N–H and O–H groups in total. The SMILES string of the molecule is CC(C)(C)OC(=O)Nc1sc2c(c1C(=O)O)CCS(=O)(=O)C2. The molecule has 0 radical (unpaired) electrons. The highest BCUT2D eigenvalue weighted by molar-refractivity contribution is 7.90. The van der Waals surface area contributed by atoms with E-state index in [1.165, 1.54) is 0 Å². The summed E-state index contributed by atoms with van der Waals surface area (Å²) in [4.78, 5) is 23.7. The number of hydrogen-bond acceptors (Lipinski definition) is 6. The van der Waals surface area contributed by atoms with E-state index in [1.807, 2.05) is 0 Å². The minimum Gasteiger partial charge on any atom is -0.478 e. The van der Waals surface area contributed by atoms with Gasteiger partial charge >= 0.3 is 12.1 Å². The van der Waals surface area contributed by atoms with Crippen molar-refractivity contribution in [2.75, 3.05) is 11.1 Å². The van der Waals surface area contributed by atoms with Crippen LogP contribution in [0, 0.1) is 0 Å². The molecule has 1 aliphatic rings. The Morgan fingerprint density at radius 1 is 1.32 bits per heavy atom. The third kappa shape index (κ3) is 3.77. The Hall–Kier alpha value is -1.61. The number of carboxylic acids is 1. The van der Waals surface area contributed by atoms with Crippen molar-refractivity contribution in [1.82, 2.24) is 0 Å². The Balaban J connectivity index is 2.35. The van der Waals surface area contributed by atoms with Gasteiger partial charge in [-0.15, -0.1) is 11.3 Å². The molecule has 1 aliphatic heterocycles. The number of ether oxygens (including phenoxy) is 1. The van der Waals surface area contributed by atoms with Gasteiger partial charge in [0.25, 0.3) is 0 Å². The first-order valence-corrected chi connectivity index (χ1v) is 9.20. The van der Waals surface area contributed by atoms with Gasteiger partial charge in [-0.2, -0.15) is 0 Å². The minimum atomic E-state index is -3.21. The standard InChI is InChI=1S/C13H17NO6S2/c1-13(2,3)20-12(17)14-10-9(11(15)16)7-4-5-22(18,19)6-8(7)21-10/h4-6H2,1-3H3,(H,14,17)(H,15,16). The second-order valence-corrected chi connectivity index (χ2v) is 9.27. The van der Waals surface area contributed by atoms with Gasteiger partial charge in [0.05, 0.1) is 17.1 Å². The van der Waals surface area contributed by atoms with Gasteiger partial charge in [-0.3, -0.25) is 5.32 Å². The zero-order valence-electron chi connectivity index (χ0n) is 12.4. The van der Waals surface area contributed by atoms with Gasteiger partial charge in [0.15, 0.2) is 9.84 Å². The molecule has 1 amide bonds. The number of rotatable bonds is 2. The molecule has 0 aliphatic carbocycles.